The molecule has 1 aliphatic carbocycles. The molecule has 0 aromatic carbocycles. The number of thioether (sulfide) groups is 1. The van der Waals surface area contributed by atoms with Gasteiger partial charge in [-0.3, -0.25) is 4.90 Å². The molecule has 0 bridgehead atoms. The van der Waals surface area contributed by atoms with Gasteiger partial charge in [-0.15, -0.1) is 0 Å². The summed E-state index contributed by atoms with van der Waals surface area (Å²) in [5.74, 6) is 1.28. The van der Waals surface area contributed by atoms with Crippen LogP contribution in [0.1, 0.15) is 37.8 Å². The van der Waals surface area contributed by atoms with Crippen LogP contribution in [0.25, 0.3) is 0 Å². The van der Waals surface area contributed by atoms with E-state index in [-0.39, 0.29) is 0 Å². The first-order valence-electron chi connectivity index (χ1n) is 6.62. The summed E-state index contributed by atoms with van der Waals surface area (Å²) in [4.78, 5) is 2.56. The molecule has 3 rings (SSSR count). The van der Waals surface area contributed by atoms with Crippen LogP contribution in [0.15, 0.2) is 16.9 Å². The molecule has 2 fully saturated rings. The van der Waals surface area contributed by atoms with Crippen molar-refractivity contribution in [2.45, 2.75) is 43.4 Å². The van der Waals surface area contributed by atoms with E-state index in [9.17, 15) is 0 Å². The van der Waals surface area contributed by atoms with E-state index < -0.39 is 0 Å². The molecule has 17 heavy (non-hydrogen) atoms. The third-order valence-corrected chi connectivity index (χ3v) is 5.51. The molecule has 94 valence electrons. The van der Waals surface area contributed by atoms with Crippen molar-refractivity contribution in [3.05, 3.63) is 18.0 Å². The summed E-state index contributed by atoms with van der Waals surface area (Å²) in [7, 11) is 0. The third-order valence-electron chi connectivity index (χ3n) is 3.97. The summed E-state index contributed by atoms with van der Waals surface area (Å²) < 4.78 is 5.47. The molecule has 1 aliphatic heterocycles. The first-order chi connectivity index (χ1) is 8.36. The normalized spacial score (nSPS) is 25.2. The van der Waals surface area contributed by atoms with Gasteiger partial charge in [-0.1, -0.05) is 24.4 Å². The Kier molecular flexibility index (Phi) is 3.43. The van der Waals surface area contributed by atoms with E-state index >= 15 is 0 Å². The number of nitrogens with zero attached hydrogens (tertiary/aromatic N) is 2. The second kappa shape index (κ2) is 5.02. The van der Waals surface area contributed by atoms with E-state index in [1.54, 1.807) is 6.26 Å². The summed E-state index contributed by atoms with van der Waals surface area (Å²) in [6, 6.07) is 1.98. The van der Waals surface area contributed by atoms with Crippen molar-refractivity contribution in [3.8, 4) is 0 Å². The highest BCUT2D eigenvalue weighted by molar-refractivity contribution is 8.00. The molecule has 1 saturated carbocycles. The average molecular weight is 252 g/mol. The molecule has 2 heterocycles. The van der Waals surface area contributed by atoms with Crippen molar-refractivity contribution in [2.75, 3.05) is 18.8 Å². The highest BCUT2D eigenvalue weighted by Crippen LogP contribution is 2.42. The molecule has 1 aromatic heterocycles. The Bertz CT molecular complexity index is 341. The fraction of sp³-hybridized carbons (Fsp3) is 0.769. The van der Waals surface area contributed by atoms with Crippen molar-refractivity contribution < 1.29 is 4.52 Å². The fourth-order valence-corrected chi connectivity index (χ4v) is 4.74. The van der Waals surface area contributed by atoms with Gasteiger partial charge in [0.15, 0.2) is 0 Å². The minimum atomic E-state index is 0.556. The van der Waals surface area contributed by atoms with E-state index in [1.807, 2.05) is 6.07 Å². The van der Waals surface area contributed by atoms with E-state index in [2.05, 4.69) is 21.8 Å². The van der Waals surface area contributed by atoms with Crippen LogP contribution in [0.5, 0.6) is 0 Å². The van der Waals surface area contributed by atoms with Crippen molar-refractivity contribution in [1.29, 1.82) is 0 Å². The third kappa shape index (κ3) is 2.68. The van der Waals surface area contributed by atoms with Gasteiger partial charge in [0.1, 0.15) is 6.26 Å². The van der Waals surface area contributed by atoms with Gasteiger partial charge in [-0.2, -0.15) is 11.8 Å². The average Bonchev–Trinajstić information content (AvgIpc) is 2.83. The number of hydrogen-bond acceptors (Lipinski definition) is 4. The molecule has 1 saturated heterocycles. The maximum absolute atomic E-state index is 4.91. The Morgan fingerprint density at radius 1 is 1.35 bits per heavy atom. The lowest BCUT2D eigenvalue weighted by Gasteiger charge is -2.44. The monoisotopic (exact) mass is 252 g/mol. The molecule has 0 amide bonds. The molecule has 0 N–H and O–H groups in total. The molecule has 0 atom stereocenters. The lowest BCUT2D eigenvalue weighted by molar-refractivity contribution is 0.208. The van der Waals surface area contributed by atoms with Crippen LogP contribution in [-0.4, -0.2) is 33.6 Å². The standard InChI is InChI=1S/C13H20N2OS/c1-2-5-13(6-3-1)11-15(7-9-17-13)10-12-4-8-16-14-12/h4,8H,1-3,5-7,9-11H2. The summed E-state index contributed by atoms with van der Waals surface area (Å²) in [5, 5.41) is 4.02. The number of rotatable bonds is 2. The van der Waals surface area contributed by atoms with E-state index in [0.717, 1.165) is 12.2 Å². The molecule has 0 radical (unpaired) electrons. The van der Waals surface area contributed by atoms with Crippen LogP contribution in [0, 0.1) is 0 Å². The Morgan fingerprint density at radius 3 is 3.00 bits per heavy atom. The zero-order chi connectivity index (χ0) is 11.6. The van der Waals surface area contributed by atoms with Crippen LogP contribution in [0.3, 0.4) is 0 Å². The molecule has 1 aromatic rings. The predicted octanol–water partition coefficient (Wildman–Crippen LogP) is 2.93. The van der Waals surface area contributed by atoms with Crippen LogP contribution in [0.4, 0.5) is 0 Å². The minimum Gasteiger partial charge on any atom is -0.364 e. The molecule has 3 nitrogen and oxygen atoms in total. The van der Waals surface area contributed by atoms with Crippen LogP contribution < -0.4 is 0 Å². The lowest BCUT2D eigenvalue weighted by Crippen LogP contribution is -2.47. The summed E-state index contributed by atoms with van der Waals surface area (Å²) in [6.07, 6.45) is 8.77. The van der Waals surface area contributed by atoms with Gasteiger partial charge in [-0.25, -0.2) is 0 Å². The quantitative estimate of drug-likeness (QED) is 0.809. The number of hydrogen-bond donors (Lipinski definition) is 0. The van der Waals surface area contributed by atoms with E-state index in [4.69, 9.17) is 4.52 Å². The molecular weight excluding hydrogens is 232 g/mol. The first-order valence-corrected chi connectivity index (χ1v) is 7.61. The van der Waals surface area contributed by atoms with Gasteiger partial charge in [-0.05, 0) is 12.8 Å². The van der Waals surface area contributed by atoms with E-state index in [0.29, 0.717) is 4.75 Å². The van der Waals surface area contributed by atoms with Crippen molar-refractivity contribution in [3.63, 3.8) is 0 Å². The Hall–Kier alpha value is -0.480. The second-order valence-corrected chi connectivity index (χ2v) is 6.86. The highest BCUT2D eigenvalue weighted by Gasteiger charge is 2.37. The van der Waals surface area contributed by atoms with Crippen LogP contribution in [0.2, 0.25) is 0 Å². The van der Waals surface area contributed by atoms with Gasteiger partial charge >= 0.3 is 0 Å². The van der Waals surface area contributed by atoms with E-state index in [1.165, 1.54) is 50.9 Å². The van der Waals surface area contributed by atoms with Crippen molar-refractivity contribution in [2.24, 2.45) is 0 Å². The van der Waals surface area contributed by atoms with Crippen molar-refractivity contribution >= 4 is 11.8 Å². The zero-order valence-corrected chi connectivity index (χ0v) is 11.0. The van der Waals surface area contributed by atoms with Gasteiger partial charge in [0.25, 0.3) is 0 Å². The molecule has 4 heteroatoms. The molecular formula is C13H20N2OS. The summed E-state index contributed by atoms with van der Waals surface area (Å²) in [6.45, 7) is 3.39. The van der Waals surface area contributed by atoms with Gasteiger partial charge < -0.3 is 4.52 Å². The molecule has 2 aliphatic rings. The Balaban J connectivity index is 1.62. The van der Waals surface area contributed by atoms with Gasteiger partial charge in [0, 0.05) is 36.2 Å². The largest absolute Gasteiger partial charge is 0.364 e. The lowest BCUT2D eigenvalue weighted by atomic mass is 9.87. The zero-order valence-electron chi connectivity index (χ0n) is 10.2. The predicted molar refractivity (Wildman–Crippen MR) is 70.1 cm³/mol. The second-order valence-electron chi connectivity index (χ2n) is 5.29. The first kappa shape index (κ1) is 11.6. The highest BCUT2D eigenvalue weighted by atomic mass is 32.2. The van der Waals surface area contributed by atoms with Gasteiger partial charge in [0.2, 0.25) is 0 Å². The maximum Gasteiger partial charge on any atom is 0.124 e. The summed E-state index contributed by atoms with van der Waals surface area (Å²) >= 11 is 2.22. The Labute approximate surface area is 107 Å². The number of aromatic nitrogens is 1. The van der Waals surface area contributed by atoms with Crippen LogP contribution in [-0.2, 0) is 6.54 Å². The molecule has 1 spiro atoms. The smallest absolute Gasteiger partial charge is 0.124 e. The molecule has 0 unspecified atom stereocenters. The van der Waals surface area contributed by atoms with Crippen LogP contribution >= 0.6 is 11.8 Å². The summed E-state index contributed by atoms with van der Waals surface area (Å²) in [5.41, 5.74) is 1.07. The fourth-order valence-electron chi connectivity index (χ4n) is 3.11. The van der Waals surface area contributed by atoms with Gasteiger partial charge in [0.05, 0.1) is 5.69 Å². The Morgan fingerprint density at radius 2 is 2.24 bits per heavy atom. The van der Waals surface area contributed by atoms with Crippen molar-refractivity contribution in [1.82, 2.24) is 10.1 Å². The topological polar surface area (TPSA) is 29.3 Å². The maximum atomic E-state index is 4.91. The SMILES string of the molecule is c1cc(CN2CCSC3(CCCCC3)C2)no1. The minimum absolute atomic E-state index is 0.556.